The van der Waals surface area contributed by atoms with E-state index in [1.54, 1.807) is 7.11 Å². The first kappa shape index (κ1) is 10.5. The van der Waals surface area contributed by atoms with E-state index in [9.17, 15) is 0 Å². The molecule has 1 saturated heterocycles. The molecule has 1 aliphatic rings. The van der Waals surface area contributed by atoms with Gasteiger partial charge in [0.05, 0.1) is 7.11 Å². The smallest absolute Gasteiger partial charge is 0.0572 e. The molecular weight excluding hydrogens is 188 g/mol. The molecule has 1 N–H and O–H groups in total. The van der Waals surface area contributed by atoms with E-state index in [-0.39, 0.29) is 0 Å². The molecule has 0 unspecified atom stereocenters. The second-order valence-corrected chi connectivity index (χ2v) is 3.92. The van der Waals surface area contributed by atoms with E-state index >= 15 is 0 Å². The fourth-order valence-corrected chi connectivity index (χ4v) is 2.06. The van der Waals surface area contributed by atoms with Crippen LogP contribution in [0, 0.1) is 0 Å². The van der Waals surface area contributed by atoms with E-state index in [0.717, 1.165) is 25.9 Å². The Hall–Kier alpha value is -1.06. The van der Waals surface area contributed by atoms with Gasteiger partial charge in [0.2, 0.25) is 0 Å². The van der Waals surface area contributed by atoms with Crippen molar-refractivity contribution in [2.75, 3.05) is 25.1 Å². The number of anilines is 1. The third-order valence-corrected chi connectivity index (χ3v) is 2.90. The minimum Gasteiger partial charge on any atom is -0.371 e. The van der Waals surface area contributed by atoms with Crippen LogP contribution in [0.25, 0.3) is 0 Å². The van der Waals surface area contributed by atoms with Gasteiger partial charge in [-0.2, -0.15) is 5.48 Å². The third kappa shape index (κ3) is 2.70. The number of hydrogen-bond acceptors (Lipinski definition) is 3. The SMILES string of the molecule is CONC1CCN(c2ccccc2)CC1. The van der Waals surface area contributed by atoms with Crippen molar-refractivity contribution in [1.29, 1.82) is 0 Å². The number of hydrogen-bond donors (Lipinski definition) is 1. The van der Waals surface area contributed by atoms with Gasteiger partial charge in [-0.15, -0.1) is 0 Å². The molecule has 1 fully saturated rings. The molecular formula is C12H18N2O. The van der Waals surface area contributed by atoms with Gasteiger partial charge >= 0.3 is 0 Å². The van der Waals surface area contributed by atoms with E-state index in [0.29, 0.717) is 6.04 Å². The largest absolute Gasteiger partial charge is 0.371 e. The summed E-state index contributed by atoms with van der Waals surface area (Å²) in [4.78, 5) is 7.38. The zero-order valence-corrected chi connectivity index (χ0v) is 9.15. The summed E-state index contributed by atoms with van der Waals surface area (Å²) in [6.07, 6.45) is 2.28. The van der Waals surface area contributed by atoms with Crippen molar-refractivity contribution >= 4 is 5.69 Å². The quantitative estimate of drug-likeness (QED) is 0.763. The second kappa shape index (κ2) is 5.14. The van der Waals surface area contributed by atoms with Crippen molar-refractivity contribution in [3.63, 3.8) is 0 Å². The van der Waals surface area contributed by atoms with Crippen LogP contribution in [-0.4, -0.2) is 26.2 Å². The molecule has 0 spiro atoms. The number of piperidine rings is 1. The average Bonchev–Trinajstić information content (AvgIpc) is 2.32. The van der Waals surface area contributed by atoms with Crippen LogP contribution < -0.4 is 10.4 Å². The number of para-hydroxylation sites is 1. The summed E-state index contributed by atoms with van der Waals surface area (Å²) in [6, 6.07) is 11.1. The van der Waals surface area contributed by atoms with Crippen molar-refractivity contribution in [3.05, 3.63) is 30.3 Å². The molecule has 0 bridgehead atoms. The van der Waals surface area contributed by atoms with Crippen LogP contribution in [0.2, 0.25) is 0 Å². The summed E-state index contributed by atoms with van der Waals surface area (Å²) < 4.78 is 0. The Morgan fingerprint density at radius 3 is 2.47 bits per heavy atom. The van der Waals surface area contributed by atoms with Crippen molar-refractivity contribution < 1.29 is 4.84 Å². The molecule has 1 aliphatic heterocycles. The van der Waals surface area contributed by atoms with Crippen LogP contribution in [-0.2, 0) is 4.84 Å². The van der Waals surface area contributed by atoms with Crippen LogP contribution in [0.1, 0.15) is 12.8 Å². The number of rotatable bonds is 3. The van der Waals surface area contributed by atoms with E-state index in [4.69, 9.17) is 4.84 Å². The molecule has 0 aromatic heterocycles. The lowest BCUT2D eigenvalue weighted by Gasteiger charge is -2.33. The fourth-order valence-electron chi connectivity index (χ4n) is 2.06. The van der Waals surface area contributed by atoms with Gasteiger partial charge < -0.3 is 9.74 Å². The number of hydroxylamine groups is 1. The zero-order chi connectivity index (χ0) is 10.5. The highest BCUT2D eigenvalue weighted by atomic mass is 16.6. The highest BCUT2D eigenvalue weighted by Gasteiger charge is 2.18. The lowest BCUT2D eigenvalue weighted by molar-refractivity contribution is 0.0532. The summed E-state index contributed by atoms with van der Waals surface area (Å²) >= 11 is 0. The molecule has 0 aliphatic carbocycles. The van der Waals surface area contributed by atoms with Crippen LogP contribution in [0.5, 0.6) is 0 Å². The Bertz CT molecular complexity index is 281. The van der Waals surface area contributed by atoms with Gasteiger partial charge in [0.1, 0.15) is 0 Å². The Morgan fingerprint density at radius 1 is 1.20 bits per heavy atom. The lowest BCUT2D eigenvalue weighted by atomic mass is 10.1. The molecule has 82 valence electrons. The van der Waals surface area contributed by atoms with E-state index in [1.165, 1.54) is 5.69 Å². The predicted octanol–water partition coefficient (Wildman–Crippen LogP) is 1.81. The molecule has 1 aromatic rings. The third-order valence-electron chi connectivity index (χ3n) is 2.90. The van der Waals surface area contributed by atoms with E-state index in [2.05, 4.69) is 40.7 Å². The molecule has 0 radical (unpaired) electrons. The van der Waals surface area contributed by atoms with Crippen molar-refractivity contribution in [2.45, 2.75) is 18.9 Å². The van der Waals surface area contributed by atoms with Gasteiger partial charge in [-0.05, 0) is 25.0 Å². The summed E-state index contributed by atoms with van der Waals surface area (Å²) in [5.74, 6) is 0. The van der Waals surface area contributed by atoms with Crippen LogP contribution in [0.4, 0.5) is 5.69 Å². The molecule has 1 heterocycles. The molecule has 0 saturated carbocycles. The standard InChI is InChI=1S/C12H18N2O/c1-15-13-11-7-9-14(10-8-11)12-5-3-2-4-6-12/h2-6,11,13H,7-10H2,1H3. The van der Waals surface area contributed by atoms with Crippen molar-refractivity contribution in [3.8, 4) is 0 Å². The molecule has 1 aromatic carbocycles. The van der Waals surface area contributed by atoms with Gasteiger partial charge in [0.25, 0.3) is 0 Å². The number of nitrogens with one attached hydrogen (secondary N) is 1. The molecule has 15 heavy (non-hydrogen) atoms. The number of benzene rings is 1. The van der Waals surface area contributed by atoms with E-state index in [1.807, 2.05) is 0 Å². The van der Waals surface area contributed by atoms with E-state index < -0.39 is 0 Å². The topological polar surface area (TPSA) is 24.5 Å². The van der Waals surface area contributed by atoms with Gasteiger partial charge in [-0.25, -0.2) is 0 Å². The molecule has 3 heteroatoms. The first-order valence-corrected chi connectivity index (χ1v) is 5.48. The summed E-state index contributed by atoms with van der Waals surface area (Å²) in [5, 5.41) is 0. The molecule has 3 nitrogen and oxygen atoms in total. The second-order valence-electron chi connectivity index (χ2n) is 3.92. The van der Waals surface area contributed by atoms with Crippen LogP contribution >= 0.6 is 0 Å². The maximum absolute atomic E-state index is 4.95. The monoisotopic (exact) mass is 206 g/mol. The Balaban J connectivity index is 1.88. The fraction of sp³-hybridized carbons (Fsp3) is 0.500. The predicted molar refractivity (Wildman–Crippen MR) is 61.8 cm³/mol. The summed E-state index contributed by atoms with van der Waals surface area (Å²) in [6.45, 7) is 2.20. The summed E-state index contributed by atoms with van der Waals surface area (Å²) in [7, 11) is 1.68. The van der Waals surface area contributed by atoms with Gasteiger partial charge in [-0.1, -0.05) is 18.2 Å². The minimum atomic E-state index is 0.509. The Morgan fingerprint density at radius 2 is 1.87 bits per heavy atom. The van der Waals surface area contributed by atoms with Crippen molar-refractivity contribution in [2.24, 2.45) is 0 Å². The zero-order valence-electron chi connectivity index (χ0n) is 9.15. The van der Waals surface area contributed by atoms with Gasteiger partial charge in [0, 0.05) is 24.8 Å². The molecule has 2 rings (SSSR count). The molecule has 0 atom stereocenters. The lowest BCUT2D eigenvalue weighted by Crippen LogP contribution is -2.42. The van der Waals surface area contributed by atoms with Gasteiger partial charge in [0.15, 0.2) is 0 Å². The maximum Gasteiger partial charge on any atom is 0.0572 e. The van der Waals surface area contributed by atoms with Gasteiger partial charge in [-0.3, -0.25) is 0 Å². The van der Waals surface area contributed by atoms with Crippen LogP contribution in [0.15, 0.2) is 30.3 Å². The van der Waals surface area contributed by atoms with Crippen molar-refractivity contribution in [1.82, 2.24) is 5.48 Å². The first-order valence-electron chi connectivity index (χ1n) is 5.48. The first-order chi connectivity index (χ1) is 7.40. The average molecular weight is 206 g/mol. The normalized spacial score (nSPS) is 18.1. The Labute approximate surface area is 91.0 Å². The highest BCUT2D eigenvalue weighted by molar-refractivity contribution is 5.46. The minimum absolute atomic E-state index is 0.509. The molecule has 0 amide bonds. The highest BCUT2D eigenvalue weighted by Crippen LogP contribution is 2.19. The summed E-state index contributed by atoms with van der Waals surface area (Å²) in [5.41, 5.74) is 4.36. The van der Waals surface area contributed by atoms with Crippen LogP contribution in [0.3, 0.4) is 0 Å². The number of nitrogens with zero attached hydrogens (tertiary/aromatic N) is 1. The Kier molecular flexibility index (Phi) is 3.59. The maximum atomic E-state index is 4.95.